The van der Waals surface area contributed by atoms with Gasteiger partial charge in [0.2, 0.25) is 5.91 Å². The highest BCUT2D eigenvalue weighted by atomic mass is 35.5. The largest absolute Gasteiger partial charge is 0.342 e. The molecule has 1 saturated heterocycles. The molecule has 1 atom stereocenters. The maximum absolute atomic E-state index is 13.6. The average molecular weight is 349 g/mol. The van der Waals surface area contributed by atoms with Gasteiger partial charge in [0.05, 0.1) is 5.41 Å². The van der Waals surface area contributed by atoms with Crippen LogP contribution < -0.4 is 5.32 Å². The number of carbonyl (C=O) groups excluding carboxylic acids is 1. The highest BCUT2D eigenvalue weighted by molar-refractivity contribution is 6.30. The smallest absolute Gasteiger partial charge is 0.233 e. The molecule has 132 valence electrons. The minimum absolute atomic E-state index is 0.338. The Labute approximate surface area is 150 Å². The second-order valence-corrected chi connectivity index (χ2v) is 7.91. The van der Waals surface area contributed by atoms with E-state index >= 15 is 0 Å². The minimum Gasteiger partial charge on any atom is -0.342 e. The Morgan fingerprint density at radius 3 is 2.79 bits per heavy atom. The molecular weight excluding hydrogens is 320 g/mol. The monoisotopic (exact) mass is 348 g/mol. The van der Waals surface area contributed by atoms with Gasteiger partial charge in [-0.2, -0.15) is 0 Å². The van der Waals surface area contributed by atoms with E-state index in [0.717, 1.165) is 62.3 Å². The summed E-state index contributed by atoms with van der Waals surface area (Å²) in [5, 5.41) is 4.00. The molecule has 1 N–H and O–H groups in total. The maximum Gasteiger partial charge on any atom is 0.233 e. The topological polar surface area (TPSA) is 32.3 Å². The Morgan fingerprint density at radius 2 is 2.08 bits per heavy atom. The molecule has 3 nitrogen and oxygen atoms in total. The van der Waals surface area contributed by atoms with E-state index in [-0.39, 0.29) is 5.41 Å². The molecular formula is C20H29ClN2O. The second-order valence-electron chi connectivity index (χ2n) is 7.47. The predicted molar refractivity (Wildman–Crippen MR) is 99.4 cm³/mol. The average Bonchev–Trinajstić information content (AvgIpc) is 2.62. The van der Waals surface area contributed by atoms with E-state index in [1.54, 1.807) is 0 Å². The quantitative estimate of drug-likeness (QED) is 0.892. The zero-order chi connectivity index (χ0) is 17.0. The van der Waals surface area contributed by atoms with Crippen molar-refractivity contribution in [3.05, 3.63) is 34.9 Å². The fraction of sp³-hybridized carbons (Fsp3) is 0.650. The Morgan fingerprint density at radius 1 is 1.29 bits per heavy atom. The van der Waals surface area contributed by atoms with Crippen LogP contribution in [0.4, 0.5) is 0 Å². The van der Waals surface area contributed by atoms with Crippen LogP contribution in [0.15, 0.2) is 24.3 Å². The fourth-order valence-corrected chi connectivity index (χ4v) is 4.77. The van der Waals surface area contributed by atoms with Gasteiger partial charge in [-0.1, -0.05) is 43.0 Å². The van der Waals surface area contributed by atoms with Gasteiger partial charge in [0, 0.05) is 18.1 Å². The molecule has 1 aromatic carbocycles. The summed E-state index contributed by atoms with van der Waals surface area (Å²) in [7, 11) is 2.00. The summed E-state index contributed by atoms with van der Waals surface area (Å²) in [5.74, 6) is 0.915. The Kier molecular flexibility index (Phi) is 5.83. The van der Waals surface area contributed by atoms with Crippen molar-refractivity contribution in [3.8, 4) is 0 Å². The third-order valence-electron chi connectivity index (χ3n) is 5.79. The first-order valence-electron chi connectivity index (χ1n) is 9.36. The van der Waals surface area contributed by atoms with Crippen molar-refractivity contribution in [1.82, 2.24) is 10.2 Å². The number of nitrogens with zero attached hydrogens (tertiary/aromatic N) is 1. The Bertz CT molecular complexity index is 567. The summed E-state index contributed by atoms with van der Waals surface area (Å²) >= 11 is 6.25. The minimum atomic E-state index is -0.356. The lowest BCUT2D eigenvalue weighted by Gasteiger charge is -2.43. The van der Waals surface area contributed by atoms with Gasteiger partial charge in [0.15, 0.2) is 0 Å². The van der Waals surface area contributed by atoms with Gasteiger partial charge in [0.25, 0.3) is 0 Å². The summed E-state index contributed by atoms with van der Waals surface area (Å²) in [5.41, 5.74) is 0.764. The lowest BCUT2D eigenvalue weighted by molar-refractivity contribution is -0.140. The molecule has 1 aromatic rings. The van der Waals surface area contributed by atoms with Gasteiger partial charge in [-0.15, -0.1) is 0 Å². The lowest BCUT2D eigenvalue weighted by atomic mass is 9.68. The van der Waals surface area contributed by atoms with Crippen molar-refractivity contribution in [1.29, 1.82) is 0 Å². The van der Waals surface area contributed by atoms with E-state index in [2.05, 4.69) is 16.3 Å². The number of hydrogen-bond donors (Lipinski definition) is 1. The third kappa shape index (κ3) is 3.62. The van der Waals surface area contributed by atoms with E-state index in [9.17, 15) is 4.79 Å². The molecule has 24 heavy (non-hydrogen) atoms. The summed E-state index contributed by atoms with van der Waals surface area (Å²) in [6.07, 6.45) is 7.74. The van der Waals surface area contributed by atoms with E-state index in [1.807, 2.05) is 25.2 Å². The first kappa shape index (κ1) is 17.8. The molecule has 1 aliphatic carbocycles. The van der Waals surface area contributed by atoms with Crippen LogP contribution in [-0.2, 0) is 10.2 Å². The van der Waals surface area contributed by atoms with Gasteiger partial charge in [-0.05, 0) is 62.9 Å². The van der Waals surface area contributed by atoms with E-state index in [1.165, 1.54) is 12.8 Å². The summed E-state index contributed by atoms with van der Waals surface area (Å²) in [6.45, 7) is 2.79. The number of benzene rings is 1. The van der Waals surface area contributed by atoms with Crippen molar-refractivity contribution < 1.29 is 4.79 Å². The van der Waals surface area contributed by atoms with Crippen LogP contribution in [0.2, 0.25) is 5.02 Å². The van der Waals surface area contributed by atoms with Crippen LogP contribution >= 0.6 is 11.6 Å². The molecule has 0 spiro atoms. The molecule has 3 rings (SSSR count). The van der Waals surface area contributed by atoms with Gasteiger partial charge in [0.1, 0.15) is 0 Å². The van der Waals surface area contributed by atoms with Crippen molar-refractivity contribution in [3.63, 3.8) is 0 Å². The lowest BCUT2D eigenvalue weighted by Crippen LogP contribution is -2.52. The maximum atomic E-state index is 13.6. The molecule has 1 amide bonds. The number of rotatable bonds is 4. The van der Waals surface area contributed by atoms with Gasteiger partial charge < -0.3 is 10.2 Å². The highest BCUT2D eigenvalue weighted by Gasteiger charge is 2.44. The molecule has 2 fully saturated rings. The van der Waals surface area contributed by atoms with Gasteiger partial charge >= 0.3 is 0 Å². The SMILES string of the molecule is CNCC1CCCN(C(=O)C2(c3cccc(Cl)c3)CCCCC2)C1. The van der Waals surface area contributed by atoms with Crippen LogP contribution in [0.25, 0.3) is 0 Å². The normalized spacial score (nSPS) is 23.9. The number of carbonyl (C=O) groups is 1. The van der Waals surface area contributed by atoms with E-state index in [0.29, 0.717) is 11.8 Å². The summed E-state index contributed by atoms with van der Waals surface area (Å²) in [6, 6.07) is 8.00. The first-order valence-corrected chi connectivity index (χ1v) is 9.73. The number of halogens is 1. The molecule has 1 heterocycles. The van der Waals surface area contributed by atoms with Crippen LogP contribution in [0, 0.1) is 5.92 Å². The summed E-state index contributed by atoms with van der Waals surface area (Å²) in [4.78, 5) is 15.7. The predicted octanol–water partition coefficient (Wildman–Crippen LogP) is 4.00. The number of piperidine rings is 1. The first-order chi connectivity index (χ1) is 11.7. The molecule has 1 unspecified atom stereocenters. The molecule has 1 saturated carbocycles. The van der Waals surface area contributed by atoms with Crippen molar-refractivity contribution in [2.45, 2.75) is 50.4 Å². The van der Waals surface area contributed by atoms with Gasteiger partial charge in [-0.25, -0.2) is 0 Å². The molecule has 1 aliphatic heterocycles. The highest BCUT2D eigenvalue weighted by Crippen LogP contribution is 2.42. The second kappa shape index (κ2) is 7.88. The van der Waals surface area contributed by atoms with E-state index < -0.39 is 0 Å². The Balaban J connectivity index is 1.87. The standard InChI is InChI=1S/C20H29ClN2O/c1-22-14-16-7-6-12-23(15-16)19(24)20(10-3-2-4-11-20)17-8-5-9-18(21)13-17/h5,8-9,13,16,22H,2-4,6-7,10-12,14-15H2,1H3. The van der Waals surface area contributed by atoms with Crippen LogP contribution in [0.1, 0.15) is 50.5 Å². The molecule has 0 aromatic heterocycles. The van der Waals surface area contributed by atoms with E-state index in [4.69, 9.17) is 11.6 Å². The van der Waals surface area contributed by atoms with Crippen LogP contribution in [0.5, 0.6) is 0 Å². The number of amides is 1. The Hall–Kier alpha value is -1.06. The molecule has 2 aliphatic rings. The zero-order valence-electron chi connectivity index (χ0n) is 14.7. The van der Waals surface area contributed by atoms with Crippen molar-refractivity contribution in [2.24, 2.45) is 5.92 Å². The number of nitrogens with one attached hydrogen (secondary N) is 1. The molecule has 0 radical (unpaired) electrons. The van der Waals surface area contributed by atoms with Crippen molar-refractivity contribution >= 4 is 17.5 Å². The number of hydrogen-bond acceptors (Lipinski definition) is 2. The molecule has 4 heteroatoms. The fourth-order valence-electron chi connectivity index (χ4n) is 4.57. The number of likely N-dealkylation sites (tertiary alicyclic amines) is 1. The zero-order valence-corrected chi connectivity index (χ0v) is 15.4. The van der Waals surface area contributed by atoms with Crippen molar-refractivity contribution in [2.75, 3.05) is 26.7 Å². The molecule has 0 bridgehead atoms. The van der Waals surface area contributed by atoms with Crippen LogP contribution in [-0.4, -0.2) is 37.5 Å². The van der Waals surface area contributed by atoms with Gasteiger partial charge in [-0.3, -0.25) is 4.79 Å². The van der Waals surface area contributed by atoms with Crippen LogP contribution in [0.3, 0.4) is 0 Å². The summed E-state index contributed by atoms with van der Waals surface area (Å²) < 4.78 is 0. The third-order valence-corrected chi connectivity index (χ3v) is 6.03.